The van der Waals surface area contributed by atoms with E-state index in [1.54, 1.807) is 11.0 Å². The van der Waals surface area contributed by atoms with Crippen molar-refractivity contribution in [1.29, 1.82) is 0 Å². The maximum Gasteiger partial charge on any atom is 0.241 e. The van der Waals surface area contributed by atoms with E-state index in [1.165, 1.54) is 12.1 Å². The van der Waals surface area contributed by atoms with E-state index in [-0.39, 0.29) is 23.9 Å². The molecule has 1 fully saturated rings. The van der Waals surface area contributed by atoms with Gasteiger partial charge in [0, 0.05) is 24.7 Å². The number of benzene rings is 1. The molecular formula is C13H18ClN3O3S. The van der Waals surface area contributed by atoms with Crippen molar-refractivity contribution in [3.63, 3.8) is 0 Å². The Kier molecular flexibility index (Phi) is 5.21. The Hall–Kier alpha value is -1.15. The van der Waals surface area contributed by atoms with Crippen LogP contribution in [0.25, 0.3) is 0 Å². The zero-order valence-electron chi connectivity index (χ0n) is 11.5. The topological polar surface area (TPSA) is 92.5 Å². The summed E-state index contributed by atoms with van der Waals surface area (Å²) in [6, 6.07) is 4.34. The van der Waals surface area contributed by atoms with Gasteiger partial charge in [0.1, 0.15) is 0 Å². The second-order valence-electron chi connectivity index (χ2n) is 4.87. The third-order valence-corrected chi connectivity index (χ3v) is 5.18. The molecule has 0 atom stereocenters. The second-order valence-corrected chi connectivity index (χ2v) is 7.04. The molecule has 1 saturated heterocycles. The number of nitrogens with one attached hydrogen (secondary N) is 1. The molecule has 0 radical (unpaired) electrons. The number of nitrogens with two attached hydrogens (primary N) is 1. The van der Waals surface area contributed by atoms with Crippen LogP contribution in [0.4, 0.5) is 0 Å². The van der Waals surface area contributed by atoms with Gasteiger partial charge in [0.05, 0.1) is 11.4 Å². The average molecular weight is 332 g/mol. The Morgan fingerprint density at radius 2 is 2.00 bits per heavy atom. The SMILES string of the molecule is NCc1ccc(S(=O)(=O)NCC(=O)N2CCCC2)cc1Cl. The molecule has 1 aliphatic rings. The van der Waals surface area contributed by atoms with Gasteiger partial charge in [-0.15, -0.1) is 0 Å². The van der Waals surface area contributed by atoms with Gasteiger partial charge in [0.2, 0.25) is 15.9 Å². The van der Waals surface area contributed by atoms with E-state index in [0.29, 0.717) is 23.7 Å². The summed E-state index contributed by atoms with van der Waals surface area (Å²) in [5, 5.41) is 0.297. The first kappa shape index (κ1) is 16.2. The van der Waals surface area contributed by atoms with Crippen molar-refractivity contribution >= 4 is 27.5 Å². The van der Waals surface area contributed by atoms with Gasteiger partial charge in [0.15, 0.2) is 0 Å². The second kappa shape index (κ2) is 6.74. The fraction of sp³-hybridized carbons (Fsp3) is 0.462. The van der Waals surface area contributed by atoms with Gasteiger partial charge < -0.3 is 10.6 Å². The normalized spacial score (nSPS) is 15.4. The van der Waals surface area contributed by atoms with Crippen LogP contribution in [0.3, 0.4) is 0 Å². The minimum absolute atomic E-state index is 0.0268. The first-order valence-electron chi connectivity index (χ1n) is 6.70. The smallest absolute Gasteiger partial charge is 0.241 e. The highest BCUT2D eigenvalue weighted by molar-refractivity contribution is 7.89. The predicted octanol–water partition coefficient (Wildman–Crippen LogP) is 0.699. The molecule has 1 aromatic carbocycles. The lowest BCUT2D eigenvalue weighted by atomic mass is 10.2. The lowest BCUT2D eigenvalue weighted by Gasteiger charge is -2.15. The molecule has 116 valence electrons. The maximum absolute atomic E-state index is 12.1. The third kappa shape index (κ3) is 3.94. The number of likely N-dealkylation sites (tertiary alicyclic amines) is 1. The van der Waals surface area contributed by atoms with Crippen molar-refractivity contribution in [3.8, 4) is 0 Å². The highest BCUT2D eigenvalue weighted by Crippen LogP contribution is 2.20. The molecule has 6 nitrogen and oxygen atoms in total. The quantitative estimate of drug-likeness (QED) is 0.830. The Morgan fingerprint density at radius 3 is 2.57 bits per heavy atom. The van der Waals surface area contributed by atoms with Crippen LogP contribution in [-0.2, 0) is 21.4 Å². The number of sulfonamides is 1. The van der Waals surface area contributed by atoms with Gasteiger partial charge >= 0.3 is 0 Å². The molecule has 1 aromatic rings. The van der Waals surface area contributed by atoms with Crippen LogP contribution in [0.15, 0.2) is 23.1 Å². The number of rotatable bonds is 5. The lowest BCUT2D eigenvalue weighted by Crippen LogP contribution is -2.38. The maximum atomic E-state index is 12.1. The Bertz CT molecular complexity index is 628. The molecule has 0 bridgehead atoms. The highest BCUT2D eigenvalue weighted by atomic mass is 35.5. The van der Waals surface area contributed by atoms with E-state index in [9.17, 15) is 13.2 Å². The van der Waals surface area contributed by atoms with Crippen molar-refractivity contribution in [1.82, 2.24) is 9.62 Å². The zero-order valence-corrected chi connectivity index (χ0v) is 13.1. The molecular weight excluding hydrogens is 314 g/mol. The lowest BCUT2D eigenvalue weighted by molar-refractivity contribution is -0.128. The average Bonchev–Trinajstić information content (AvgIpc) is 2.99. The molecule has 0 aromatic heterocycles. The van der Waals surface area contributed by atoms with Gasteiger partial charge in [-0.2, -0.15) is 0 Å². The molecule has 1 aliphatic heterocycles. The van der Waals surface area contributed by atoms with E-state index >= 15 is 0 Å². The molecule has 21 heavy (non-hydrogen) atoms. The van der Waals surface area contributed by atoms with Gasteiger partial charge in [-0.3, -0.25) is 4.79 Å². The fourth-order valence-corrected chi connectivity index (χ4v) is 3.50. The van der Waals surface area contributed by atoms with Crippen molar-refractivity contribution in [2.75, 3.05) is 19.6 Å². The standard InChI is InChI=1S/C13H18ClN3O3S/c14-12-7-11(4-3-10(12)8-15)21(19,20)16-9-13(18)17-5-1-2-6-17/h3-4,7,16H,1-2,5-6,8-9,15H2. The van der Waals surface area contributed by atoms with Gasteiger partial charge in [0.25, 0.3) is 0 Å². The zero-order chi connectivity index (χ0) is 15.5. The van der Waals surface area contributed by atoms with E-state index in [4.69, 9.17) is 17.3 Å². The monoisotopic (exact) mass is 331 g/mol. The van der Waals surface area contributed by atoms with Crippen LogP contribution in [0.1, 0.15) is 18.4 Å². The Labute approximate surface area is 129 Å². The minimum atomic E-state index is -3.76. The van der Waals surface area contributed by atoms with Crippen LogP contribution in [0.2, 0.25) is 5.02 Å². The van der Waals surface area contributed by atoms with Crippen LogP contribution in [0.5, 0.6) is 0 Å². The summed E-state index contributed by atoms with van der Waals surface area (Å²) in [4.78, 5) is 13.5. The number of amides is 1. The van der Waals surface area contributed by atoms with Crippen LogP contribution < -0.4 is 10.5 Å². The van der Waals surface area contributed by atoms with E-state index < -0.39 is 10.0 Å². The summed E-state index contributed by atoms with van der Waals surface area (Å²) < 4.78 is 26.6. The molecule has 8 heteroatoms. The molecule has 1 amide bonds. The van der Waals surface area contributed by atoms with Crippen molar-refractivity contribution < 1.29 is 13.2 Å². The fourth-order valence-electron chi connectivity index (χ4n) is 2.18. The number of hydrogen-bond acceptors (Lipinski definition) is 4. The van der Waals surface area contributed by atoms with Crippen molar-refractivity contribution in [2.45, 2.75) is 24.3 Å². The highest BCUT2D eigenvalue weighted by Gasteiger charge is 2.21. The van der Waals surface area contributed by atoms with Gasteiger partial charge in [-0.05, 0) is 30.5 Å². The summed E-state index contributed by atoms with van der Waals surface area (Å²) in [5.74, 6) is -0.208. The number of carbonyl (C=O) groups excluding carboxylic acids is 1. The summed E-state index contributed by atoms with van der Waals surface area (Å²) in [5.41, 5.74) is 6.15. The Morgan fingerprint density at radius 1 is 1.33 bits per heavy atom. The largest absolute Gasteiger partial charge is 0.342 e. The minimum Gasteiger partial charge on any atom is -0.342 e. The molecule has 0 spiro atoms. The molecule has 0 unspecified atom stereocenters. The number of hydrogen-bond donors (Lipinski definition) is 2. The molecule has 0 aliphatic carbocycles. The van der Waals surface area contributed by atoms with E-state index in [2.05, 4.69) is 4.72 Å². The number of nitrogens with zero attached hydrogens (tertiary/aromatic N) is 1. The summed E-state index contributed by atoms with van der Waals surface area (Å²) in [6.07, 6.45) is 1.93. The summed E-state index contributed by atoms with van der Waals surface area (Å²) in [7, 11) is -3.76. The van der Waals surface area contributed by atoms with Crippen LogP contribution in [-0.4, -0.2) is 38.9 Å². The molecule has 2 rings (SSSR count). The molecule has 1 heterocycles. The number of carbonyl (C=O) groups is 1. The molecule has 0 saturated carbocycles. The van der Waals surface area contributed by atoms with E-state index in [0.717, 1.165) is 12.8 Å². The predicted molar refractivity (Wildman–Crippen MR) is 80.3 cm³/mol. The first-order chi connectivity index (χ1) is 9.94. The van der Waals surface area contributed by atoms with Gasteiger partial charge in [-0.25, -0.2) is 13.1 Å². The van der Waals surface area contributed by atoms with Crippen LogP contribution >= 0.6 is 11.6 Å². The van der Waals surface area contributed by atoms with Crippen molar-refractivity contribution in [3.05, 3.63) is 28.8 Å². The first-order valence-corrected chi connectivity index (χ1v) is 8.56. The van der Waals surface area contributed by atoms with E-state index in [1.807, 2.05) is 0 Å². The van der Waals surface area contributed by atoms with Crippen LogP contribution in [0, 0.1) is 0 Å². The summed E-state index contributed by atoms with van der Waals surface area (Å²) in [6.45, 7) is 1.38. The summed E-state index contributed by atoms with van der Waals surface area (Å²) >= 11 is 5.95. The third-order valence-electron chi connectivity index (χ3n) is 3.43. The molecule has 3 N–H and O–H groups in total. The Balaban J connectivity index is 2.04. The van der Waals surface area contributed by atoms with Crippen molar-refractivity contribution in [2.24, 2.45) is 5.73 Å². The van der Waals surface area contributed by atoms with Gasteiger partial charge in [-0.1, -0.05) is 17.7 Å². The number of halogens is 1.